The summed E-state index contributed by atoms with van der Waals surface area (Å²) in [6.45, 7) is 3.01. The van der Waals surface area contributed by atoms with E-state index in [0.29, 0.717) is 12.3 Å². The summed E-state index contributed by atoms with van der Waals surface area (Å²) < 4.78 is 0. The van der Waals surface area contributed by atoms with Crippen molar-refractivity contribution in [3.8, 4) is 0 Å². The molecule has 92 valence electrons. The van der Waals surface area contributed by atoms with E-state index >= 15 is 0 Å². The fourth-order valence-electron chi connectivity index (χ4n) is 2.33. The molecule has 0 spiro atoms. The lowest BCUT2D eigenvalue weighted by Crippen LogP contribution is -2.34. The van der Waals surface area contributed by atoms with Gasteiger partial charge in [0.1, 0.15) is 0 Å². The molecule has 0 aliphatic heterocycles. The second-order valence-corrected chi connectivity index (χ2v) is 4.84. The minimum Gasteiger partial charge on any atom is -0.481 e. The fraction of sp³-hybridized carbons (Fsp3) is 0.500. The predicted molar refractivity (Wildman–Crippen MR) is 67.2 cm³/mol. The van der Waals surface area contributed by atoms with Crippen LogP contribution in [0.5, 0.6) is 0 Å². The van der Waals surface area contributed by atoms with Crippen LogP contribution in [0, 0.1) is 0 Å². The molecule has 2 unspecified atom stereocenters. The number of rotatable bonds is 6. The summed E-state index contributed by atoms with van der Waals surface area (Å²) in [7, 11) is 0. The second kappa shape index (κ2) is 5.32. The van der Waals surface area contributed by atoms with Crippen LogP contribution in [0.2, 0.25) is 0 Å². The molecule has 1 aromatic carbocycles. The lowest BCUT2D eigenvalue weighted by atomic mass is 9.77. The lowest BCUT2D eigenvalue weighted by molar-refractivity contribution is -0.137. The summed E-state index contributed by atoms with van der Waals surface area (Å²) in [6.07, 6.45) is 2.09. The Morgan fingerprint density at radius 3 is 3.00 bits per heavy atom. The quantitative estimate of drug-likeness (QED) is 0.791. The third-order valence-corrected chi connectivity index (χ3v) is 3.47. The highest BCUT2D eigenvalue weighted by Gasteiger charge is 2.25. The molecule has 0 saturated carbocycles. The maximum atomic E-state index is 10.4. The van der Waals surface area contributed by atoms with E-state index < -0.39 is 5.97 Å². The summed E-state index contributed by atoms with van der Waals surface area (Å²) in [5, 5.41) is 12.0. The van der Waals surface area contributed by atoms with Gasteiger partial charge in [0.25, 0.3) is 0 Å². The van der Waals surface area contributed by atoms with Crippen LogP contribution in [-0.2, 0) is 11.2 Å². The summed E-state index contributed by atoms with van der Waals surface area (Å²) in [5.74, 6) is -0.105. The molecule has 1 aliphatic rings. The van der Waals surface area contributed by atoms with Crippen LogP contribution in [0.25, 0.3) is 0 Å². The molecule has 0 heterocycles. The Labute approximate surface area is 102 Å². The molecule has 2 atom stereocenters. The van der Waals surface area contributed by atoms with E-state index in [1.807, 2.05) is 6.92 Å². The van der Waals surface area contributed by atoms with Gasteiger partial charge < -0.3 is 10.4 Å². The van der Waals surface area contributed by atoms with Crippen molar-refractivity contribution in [3.05, 3.63) is 35.4 Å². The highest BCUT2D eigenvalue weighted by molar-refractivity contribution is 5.66. The molecule has 3 nitrogen and oxygen atoms in total. The summed E-state index contributed by atoms with van der Waals surface area (Å²) in [5.41, 5.74) is 2.91. The summed E-state index contributed by atoms with van der Waals surface area (Å²) in [6, 6.07) is 8.81. The Bertz CT molecular complexity index is 403. The van der Waals surface area contributed by atoms with Gasteiger partial charge in [0.2, 0.25) is 0 Å². The fourth-order valence-corrected chi connectivity index (χ4v) is 2.33. The normalized spacial score (nSPS) is 19.2. The Morgan fingerprint density at radius 1 is 1.53 bits per heavy atom. The summed E-state index contributed by atoms with van der Waals surface area (Å²) >= 11 is 0. The van der Waals surface area contributed by atoms with Gasteiger partial charge in [-0.15, -0.1) is 0 Å². The highest BCUT2D eigenvalue weighted by Crippen LogP contribution is 2.34. The molecule has 0 radical (unpaired) electrons. The number of carboxylic acids is 1. The molecule has 3 heteroatoms. The van der Waals surface area contributed by atoms with Crippen molar-refractivity contribution in [2.24, 2.45) is 0 Å². The smallest absolute Gasteiger partial charge is 0.303 e. The molecule has 0 amide bonds. The largest absolute Gasteiger partial charge is 0.481 e. The van der Waals surface area contributed by atoms with Crippen molar-refractivity contribution in [1.29, 1.82) is 0 Å². The van der Waals surface area contributed by atoms with Crippen LogP contribution in [0.4, 0.5) is 0 Å². The van der Waals surface area contributed by atoms with Gasteiger partial charge in [-0.3, -0.25) is 4.79 Å². The maximum Gasteiger partial charge on any atom is 0.303 e. The average molecular weight is 233 g/mol. The predicted octanol–water partition coefficient (Wildman–Crippen LogP) is 2.17. The maximum absolute atomic E-state index is 10.4. The number of nitrogens with one attached hydrogen (secondary N) is 1. The lowest BCUT2D eigenvalue weighted by Gasteiger charge is -2.31. The molecule has 0 aromatic heterocycles. The zero-order chi connectivity index (χ0) is 12.3. The Kier molecular flexibility index (Phi) is 3.79. The van der Waals surface area contributed by atoms with Crippen molar-refractivity contribution in [2.75, 3.05) is 6.54 Å². The molecular weight excluding hydrogens is 214 g/mol. The van der Waals surface area contributed by atoms with E-state index in [1.165, 1.54) is 11.1 Å². The second-order valence-electron chi connectivity index (χ2n) is 4.84. The van der Waals surface area contributed by atoms with E-state index in [4.69, 9.17) is 5.11 Å². The van der Waals surface area contributed by atoms with Gasteiger partial charge in [-0.1, -0.05) is 24.3 Å². The minimum absolute atomic E-state index is 0.245. The molecule has 2 N–H and O–H groups in total. The van der Waals surface area contributed by atoms with Crippen molar-refractivity contribution >= 4 is 5.97 Å². The van der Waals surface area contributed by atoms with E-state index in [9.17, 15) is 4.79 Å². The van der Waals surface area contributed by atoms with Gasteiger partial charge in [-0.05, 0) is 30.9 Å². The molecule has 0 saturated heterocycles. The van der Waals surface area contributed by atoms with Gasteiger partial charge in [-0.2, -0.15) is 0 Å². The van der Waals surface area contributed by atoms with Gasteiger partial charge in [0.15, 0.2) is 0 Å². The average Bonchev–Trinajstić information content (AvgIpc) is 2.27. The van der Waals surface area contributed by atoms with E-state index in [2.05, 4.69) is 29.6 Å². The number of hydrogen-bond donors (Lipinski definition) is 2. The topological polar surface area (TPSA) is 49.3 Å². The van der Waals surface area contributed by atoms with Gasteiger partial charge in [0.05, 0.1) is 0 Å². The molecule has 2 rings (SSSR count). The van der Waals surface area contributed by atoms with Gasteiger partial charge in [-0.25, -0.2) is 0 Å². The first-order chi connectivity index (χ1) is 8.16. The van der Waals surface area contributed by atoms with E-state index in [0.717, 1.165) is 13.0 Å². The van der Waals surface area contributed by atoms with Crippen LogP contribution < -0.4 is 5.32 Å². The number of hydrogen-bond acceptors (Lipinski definition) is 2. The number of fused-ring (bicyclic) bond motifs is 1. The van der Waals surface area contributed by atoms with Crippen LogP contribution in [0.15, 0.2) is 24.3 Å². The van der Waals surface area contributed by atoms with Crippen LogP contribution >= 0.6 is 0 Å². The van der Waals surface area contributed by atoms with Crippen molar-refractivity contribution < 1.29 is 9.90 Å². The number of aliphatic carboxylic acids is 1. The zero-order valence-corrected chi connectivity index (χ0v) is 10.1. The molecule has 0 fully saturated rings. The number of carboxylic acid groups (broad SMARTS) is 1. The Morgan fingerprint density at radius 2 is 2.29 bits per heavy atom. The number of carbonyl (C=O) groups is 1. The van der Waals surface area contributed by atoms with Crippen molar-refractivity contribution in [3.63, 3.8) is 0 Å². The third-order valence-electron chi connectivity index (χ3n) is 3.47. The molecular formula is C14H19NO2. The van der Waals surface area contributed by atoms with Gasteiger partial charge >= 0.3 is 5.97 Å². The first kappa shape index (κ1) is 12.1. The molecule has 1 aromatic rings. The standard InChI is InChI=1S/C14H19NO2/c1-10(6-7-14(16)17)15-9-12-8-11-4-2-3-5-13(11)12/h2-5,10,12,15H,6-9H2,1H3,(H,16,17). The van der Waals surface area contributed by atoms with Crippen molar-refractivity contribution in [2.45, 2.75) is 38.1 Å². The summed E-state index contributed by atoms with van der Waals surface area (Å²) in [4.78, 5) is 10.4. The monoisotopic (exact) mass is 233 g/mol. The highest BCUT2D eigenvalue weighted by atomic mass is 16.4. The van der Waals surface area contributed by atoms with Gasteiger partial charge in [0, 0.05) is 24.9 Å². The molecule has 1 aliphatic carbocycles. The Balaban J connectivity index is 1.72. The third kappa shape index (κ3) is 3.07. The van der Waals surface area contributed by atoms with E-state index in [-0.39, 0.29) is 12.5 Å². The van der Waals surface area contributed by atoms with Crippen LogP contribution in [0.1, 0.15) is 36.8 Å². The Hall–Kier alpha value is -1.35. The first-order valence-corrected chi connectivity index (χ1v) is 6.20. The van der Waals surface area contributed by atoms with Crippen molar-refractivity contribution in [1.82, 2.24) is 5.32 Å². The van der Waals surface area contributed by atoms with E-state index in [1.54, 1.807) is 0 Å². The zero-order valence-electron chi connectivity index (χ0n) is 10.1. The molecule has 0 bridgehead atoms. The number of benzene rings is 1. The van der Waals surface area contributed by atoms with Crippen LogP contribution in [0.3, 0.4) is 0 Å². The molecule has 17 heavy (non-hydrogen) atoms. The minimum atomic E-state index is -0.715. The van der Waals surface area contributed by atoms with Crippen LogP contribution in [-0.4, -0.2) is 23.7 Å². The SMILES string of the molecule is CC(CCC(=O)O)NCC1Cc2ccccc21. The first-order valence-electron chi connectivity index (χ1n) is 6.20.